The van der Waals surface area contributed by atoms with E-state index in [1.165, 1.54) is 22.3 Å². The summed E-state index contributed by atoms with van der Waals surface area (Å²) < 4.78 is 5.38. The van der Waals surface area contributed by atoms with E-state index < -0.39 is 0 Å². The minimum atomic E-state index is 0.645. The third-order valence-corrected chi connectivity index (χ3v) is 3.20. The van der Waals surface area contributed by atoms with Crippen LogP contribution in [0.25, 0.3) is 11.3 Å². The molecule has 0 atom stereocenters. The van der Waals surface area contributed by atoms with Gasteiger partial charge in [-0.05, 0) is 18.6 Å². The Morgan fingerprint density at radius 2 is 2.33 bits per heavy atom. The Bertz CT molecular complexity index is 530. The Kier molecular flexibility index (Phi) is 1.89. The van der Waals surface area contributed by atoms with Crippen LogP contribution in [0.5, 0.6) is 0 Å². The summed E-state index contributed by atoms with van der Waals surface area (Å²) in [6, 6.07) is 6.47. The molecule has 0 saturated heterocycles. The number of fused-ring (bicyclic) bond motifs is 3. The van der Waals surface area contributed by atoms with E-state index in [-0.39, 0.29) is 0 Å². The highest BCUT2D eigenvalue weighted by Crippen LogP contribution is 2.39. The van der Waals surface area contributed by atoms with Gasteiger partial charge in [0.1, 0.15) is 0 Å². The monoisotopic (exact) mass is 217 g/mol. The van der Waals surface area contributed by atoms with Crippen molar-refractivity contribution < 1.29 is 4.52 Å². The van der Waals surface area contributed by atoms with E-state index >= 15 is 0 Å². The van der Waals surface area contributed by atoms with Gasteiger partial charge < -0.3 is 4.52 Å². The molecule has 2 aromatic rings. The molecule has 0 bridgehead atoms. The molecule has 2 nitrogen and oxygen atoms in total. The molecule has 3 rings (SSSR count). The van der Waals surface area contributed by atoms with Crippen molar-refractivity contribution in [1.82, 2.24) is 5.16 Å². The fourth-order valence-electron chi connectivity index (χ4n) is 2.11. The molecule has 0 radical (unpaired) electrons. The number of aromatic nitrogens is 1. The quantitative estimate of drug-likeness (QED) is 0.634. The van der Waals surface area contributed by atoms with E-state index in [1.54, 1.807) is 0 Å². The minimum absolute atomic E-state index is 0.645. The molecule has 76 valence electrons. The Balaban J connectivity index is 2.22. The standard InChI is InChI=1S/C12H11NOS/c1-7-2-3-8-5-10-11(6-15)13-14-12(10)9(8)4-7/h2-4,15H,5-6H2,1H3. The van der Waals surface area contributed by atoms with E-state index in [1.807, 2.05) is 0 Å². The van der Waals surface area contributed by atoms with E-state index in [2.05, 4.69) is 42.9 Å². The second-order valence-corrected chi connectivity index (χ2v) is 4.25. The van der Waals surface area contributed by atoms with Crippen LogP contribution in [0.15, 0.2) is 22.7 Å². The number of hydrogen-bond donors (Lipinski definition) is 1. The van der Waals surface area contributed by atoms with Crippen LogP contribution in [-0.4, -0.2) is 5.16 Å². The number of nitrogens with zero attached hydrogens (tertiary/aromatic N) is 1. The third-order valence-electron chi connectivity index (χ3n) is 2.90. The number of hydrogen-bond acceptors (Lipinski definition) is 3. The van der Waals surface area contributed by atoms with Gasteiger partial charge in [-0.1, -0.05) is 22.9 Å². The molecule has 0 aliphatic heterocycles. The van der Waals surface area contributed by atoms with Crippen molar-refractivity contribution in [3.05, 3.63) is 40.6 Å². The fourth-order valence-corrected chi connectivity index (χ4v) is 2.36. The lowest BCUT2D eigenvalue weighted by Gasteiger charge is -1.99. The van der Waals surface area contributed by atoms with Crippen LogP contribution in [0.3, 0.4) is 0 Å². The maximum absolute atomic E-state index is 5.38. The zero-order valence-electron chi connectivity index (χ0n) is 8.45. The molecule has 1 aliphatic rings. The Hall–Kier alpha value is -1.22. The molecular weight excluding hydrogens is 206 g/mol. The summed E-state index contributed by atoms with van der Waals surface area (Å²) >= 11 is 4.25. The first kappa shape index (κ1) is 9.04. The predicted molar refractivity (Wildman–Crippen MR) is 62.2 cm³/mol. The van der Waals surface area contributed by atoms with Gasteiger partial charge in [0.25, 0.3) is 0 Å². The average molecular weight is 217 g/mol. The van der Waals surface area contributed by atoms with Crippen LogP contribution < -0.4 is 0 Å². The smallest absolute Gasteiger partial charge is 0.170 e. The molecule has 1 aromatic carbocycles. The molecule has 0 amide bonds. The molecule has 0 N–H and O–H groups in total. The normalized spacial score (nSPS) is 12.7. The first-order chi connectivity index (χ1) is 7.29. The Morgan fingerprint density at radius 1 is 1.47 bits per heavy atom. The van der Waals surface area contributed by atoms with Crippen LogP contribution in [0.2, 0.25) is 0 Å². The van der Waals surface area contributed by atoms with Crippen molar-refractivity contribution >= 4 is 12.6 Å². The summed E-state index contributed by atoms with van der Waals surface area (Å²) in [5.41, 5.74) is 5.98. The van der Waals surface area contributed by atoms with E-state index in [0.29, 0.717) is 5.75 Å². The highest BCUT2D eigenvalue weighted by molar-refractivity contribution is 7.79. The van der Waals surface area contributed by atoms with Gasteiger partial charge in [0.2, 0.25) is 0 Å². The van der Waals surface area contributed by atoms with Gasteiger partial charge in [-0.25, -0.2) is 0 Å². The van der Waals surface area contributed by atoms with Crippen molar-refractivity contribution in [2.45, 2.75) is 19.1 Å². The minimum Gasteiger partial charge on any atom is -0.356 e. The van der Waals surface area contributed by atoms with E-state index in [0.717, 1.165) is 17.9 Å². The summed E-state index contributed by atoms with van der Waals surface area (Å²) in [6.45, 7) is 2.09. The van der Waals surface area contributed by atoms with Crippen LogP contribution in [0.1, 0.15) is 22.4 Å². The lowest BCUT2D eigenvalue weighted by atomic mass is 10.1. The molecule has 0 fully saturated rings. The molecule has 15 heavy (non-hydrogen) atoms. The highest BCUT2D eigenvalue weighted by Gasteiger charge is 2.25. The summed E-state index contributed by atoms with van der Waals surface area (Å²) in [7, 11) is 0. The summed E-state index contributed by atoms with van der Waals surface area (Å²) in [6.07, 6.45) is 0.935. The molecule has 1 heterocycles. The van der Waals surface area contributed by atoms with Crippen LogP contribution >= 0.6 is 12.6 Å². The topological polar surface area (TPSA) is 26.0 Å². The van der Waals surface area contributed by atoms with Crippen molar-refractivity contribution in [2.24, 2.45) is 0 Å². The molecule has 3 heteroatoms. The highest BCUT2D eigenvalue weighted by atomic mass is 32.1. The van der Waals surface area contributed by atoms with Gasteiger partial charge in [-0.15, -0.1) is 0 Å². The van der Waals surface area contributed by atoms with Gasteiger partial charge in [-0.2, -0.15) is 12.6 Å². The van der Waals surface area contributed by atoms with Crippen molar-refractivity contribution in [3.63, 3.8) is 0 Å². The van der Waals surface area contributed by atoms with Crippen LogP contribution in [0.4, 0.5) is 0 Å². The van der Waals surface area contributed by atoms with Gasteiger partial charge in [-0.3, -0.25) is 0 Å². The maximum atomic E-state index is 5.38. The SMILES string of the molecule is Cc1ccc2c(c1)-c1onc(CS)c1C2. The molecule has 1 aliphatic carbocycles. The van der Waals surface area contributed by atoms with Gasteiger partial charge in [0, 0.05) is 23.3 Å². The second kappa shape index (κ2) is 3.14. The van der Waals surface area contributed by atoms with Crippen molar-refractivity contribution in [3.8, 4) is 11.3 Å². The Morgan fingerprint density at radius 3 is 3.13 bits per heavy atom. The average Bonchev–Trinajstić information content (AvgIpc) is 2.76. The predicted octanol–water partition coefficient (Wildman–Crippen LogP) is 2.98. The number of aryl methyl sites for hydroxylation is 1. The van der Waals surface area contributed by atoms with Crippen LogP contribution in [0, 0.1) is 6.92 Å². The van der Waals surface area contributed by atoms with Gasteiger partial charge in [0.15, 0.2) is 5.76 Å². The first-order valence-electron chi connectivity index (χ1n) is 4.98. The zero-order valence-corrected chi connectivity index (χ0v) is 9.34. The first-order valence-corrected chi connectivity index (χ1v) is 5.61. The lowest BCUT2D eigenvalue weighted by molar-refractivity contribution is 0.426. The van der Waals surface area contributed by atoms with Crippen molar-refractivity contribution in [2.75, 3.05) is 0 Å². The number of rotatable bonds is 1. The second-order valence-electron chi connectivity index (χ2n) is 3.93. The maximum Gasteiger partial charge on any atom is 0.170 e. The largest absolute Gasteiger partial charge is 0.356 e. The van der Waals surface area contributed by atoms with Crippen LogP contribution in [-0.2, 0) is 12.2 Å². The number of benzene rings is 1. The molecule has 0 spiro atoms. The van der Waals surface area contributed by atoms with Gasteiger partial charge >= 0.3 is 0 Å². The summed E-state index contributed by atoms with van der Waals surface area (Å²) in [5.74, 6) is 1.59. The van der Waals surface area contributed by atoms with Crippen molar-refractivity contribution in [1.29, 1.82) is 0 Å². The van der Waals surface area contributed by atoms with Gasteiger partial charge in [0.05, 0.1) is 5.69 Å². The molecular formula is C12H11NOS. The molecule has 1 aromatic heterocycles. The van der Waals surface area contributed by atoms with E-state index in [9.17, 15) is 0 Å². The zero-order chi connectivity index (χ0) is 10.4. The fraction of sp³-hybridized carbons (Fsp3) is 0.250. The summed E-state index contributed by atoms with van der Waals surface area (Å²) in [5, 5.41) is 4.03. The summed E-state index contributed by atoms with van der Waals surface area (Å²) in [4.78, 5) is 0. The number of thiol groups is 1. The Labute approximate surface area is 93.7 Å². The van der Waals surface area contributed by atoms with E-state index in [4.69, 9.17) is 4.52 Å². The molecule has 0 unspecified atom stereocenters. The lowest BCUT2D eigenvalue weighted by Crippen LogP contribution is -1.86. The molecule has 0 saturated carbocycles. The third kappa shape index (κ3) is 1.23.